The number of likely N-dealkylation sites (tertiary alicyclic amines) is 1. The molecule has 0 saturated carbocycles. The maximum Gasteiger partial charge on any atom is 0.487 e. The average molecular weight is 309 g/mol. The summed E-state index contributed by atoms with van der Waals surface area (Å²) >= 11 is 0. The fraction of sp³-hybridized carbons (Fsp3) is 0.812. The number of carbonyl (C=O) groups excluding carboxylic acids is 1. The van der Waals surface area contributed by atoms with Gasteiger partial charge in [-0.05, 0) is 54.9 Å². The lowest BCUT2D eigenvalue weighted by Crippen LogP contribution is -2.41. The Bertz CT molecular complexity index is 463. The van der Waals surface area contributed by atoms with Gasteiger partial charge in [-0.15, -0.1) is 0 Å². The molecule has 0 radical (unpaired) electrons. The molecule has 2 rings (SSSR count). The third kappa shape index (κ3) is 3.85. The summed E-state index contributed by atoms with van der Waals surface area (Å²) in [5, 5.41) is 0. The molecule has 5 nitrogen and oxygen atoms in total. The molecule has 0 N–H and O–H groups in total. The van der Waals surface area contributed by atoms with Crippen molar-refractivity contribution in [2.45, 2.75) is 71.7 Å². The maximum absolute atomic E-state index is 12.1. The Morgan fingerprint density at radius 2 is 1.77 bits per heavy atom. The van der Waals surface area contributed by atoms with Crippen LogP contribution in [0.1, 0.15) is 54.9 Å². The van der Waals surface area contributed by atoms with E-state index in [0.717, 1.165) is 12.0 Å². The zero-order valence-electron chi connectivity index (χ0n) is 14.9. The van der Waals surface area contributed by atoms with Crippen LogP contribution in [0.5, 0.6) is 0 Å². The number of hydrogen-bond acceptors (Lipinski definition) is 4. The molecular weight excluding hydrogens is 281 g/mol. The second-order valence-corrected chi connectivity index (χ2v) is 8.10. The molecule has 0 bridgehead atoms. The molecule has 0 aromatic rings. The van der Waals surface area contributed by atoms with Gasteiger partial charge < -0.3 is 18.9 Å². The van der Waals surface area contributed by atoms with Crippen molar-refractivity contribution in [1.82, 2.24) is 4.90 Å². The van der Waals surface area contributed by atoms with Crippen LogP contribution in [0.25, 0.3) is 0 Å². The summed E-state index contributed by atoms with van der Waals surface area (Å²) in [6.45, 7) is 15.0. The van der Waals surface area contributed by atoms with Crippen molar-refractivity contribution in [3.05, 3.63) is 11.5 Å². The van der Waals surface area contributed by atoms with Crippen molar-refractivity contribution in [3.8, 4) is 0 Å². The van der Waals surface area contributed by atoms with Gasteiger partial charge in [-0.3, -0.25) is 0 Å². The molecule has 0 aliphatic carbocycles. The van der Waals surface area contributed by atoms with Crippen molar-refractivity contribution in [3.63, 3.8) is 0 Å². The molecule has 0 aromatic heterocycles. The number of hydrogen-bond donors (Lipinski definition) is 0. The summed E-state index contributed by atoms with van der Waals surface area (Å²) in [5.74, 6) is 2.00. The molecular formula is C16H28BNO4. The second kappa shape index (κ2) is 5.57. The first-order chi connectivity index (χ1) is 9.90. The average Bonchev–Trinajstić information content (AvgIpc) is 2.80. The van der Waals surface area contributed by atoms with Crippen LogP contribution in [0.15, 0.2) is 11.5 Å². The van der Waals surface area contributed by atoms with Crippen LogP contribution in [0.4, 0.5) is 4.79 Å². The van der Waals surface area contributed by atoms with Crippen LogP contribution >= 0.6 is 0 Å². The van der Waals surface area contributed by atoms with Crippen molar-refractivity contribution in [2.24, 2.45) is 0 Å². The predicted octanol–water partition coefficient (Wildman–Crippen LogP) is 3.19. The number of carbonyl (C=O) groups is 1. The molecule has 2 heterocycles. The number of amides is 1. The van der Waals surface area contributed by atoms with Gasteiger partial charge in [-0.1, -0.05) is 11.5 Å². The Morgan fingerprint density at radius 1 is 1.23 bits per heavy atom. The van der Waals surface area contributed by atoms with Crippen molar-refractivity contribution in [2.75, 3.05) is 13.1 Å². The summed E-state index contributed by atoms with van der Waals surface area (Å²) in [4.78, 5) is 13.8. The molecule has 0 spiro atoms. The number of nitrogens with zero attached hydrogens (tertiary/aromatic N) is 1. The summed E-state index contributed by atoms with van der Waals surface area (Å²) in [5.41, 5.74) is 0.0235. The lowest BCUT2D eigenvalue weighted by molar-refractivity contribution is 0.00578. The summed E-state index contributed by atoms with van der Waals surface area (Å²) in [6.07, 6.45) is 0.577. The van der Waals surface area contributed by atoms with Crippen LogP contribution in [-0.4, -0.2) is 48.0 Å². The van der Waals surface area contributed by atoms with Gasteiger partial charge in [0.25, 0.3) is 0 Å². The van der Waals surface area contributed by atoms with E-state index in [-0.39, 0.29) is 24.4 Å². The maximum atomic E-state index is 12.1. The Hall–Kier alpha value is -1.01. The third-order valence-corrected chi connectivity index (χ3v) is 4.39. The molecule has 2 fully saturated rings. The first kappa shape index (κ1) is 17.4. The van der Waals surface area contributed by atoms with E-state index in [1.807, 2.05) is 54.4 Å². The molecule has 0 unspecified atom stereocenters. The van der Waals surface area contributed by atoms with E-state index < -0.39 is 5.60 Å². The Morgan fingerprint density at radius 3 is 2.27 bits per heavy atom. The highest BCUT2D eigenvalue weighted by Gasteiger charge is 2.50. The number of ether oxygens (including phenoxy) is 1. The zero-order chi connectivity index (χ0) is 16.8. The van der Waals surface area contributed by atoms with Gasteiger partial charge >= 0.3 is 13.2 Å². The molecule has 0 atom stereocenters. The van der Waals surface area contributed by atoms with Gasteiger partial charge in [0, 0.05) is 13.1 Å². The van der Waals surface area contributed by atoms with E-state index in [9.17, 15) is 4.79 Å². The van der Waals surface area contributed by atoms with E-state index in [0.29, 0.717) is 13.1 Å². The second-order valence-electron chi connectivity index (χ2n) is 8.10. The normalized spacial score (nSPS) is 25.9. The zero-order valence-corrected chi connectivity index (χ0v) is 14.9. The molecule has 2 aliphatic rings. The monoisotopic (exact) mass is 309 g/mol. The quantitative estimate of drug-likeness (QED) is 0.698. The Balaban J connectivity index is 1.95. The lowest BCUT2D eigenvalue weighted by atomic mass is 9.87. The summed E-state index contributed by atoms with van der Waals surface area (Å²) in [7, 11) is -0.349. The van der Waals surface area contributed by atoms with Gasteiger partial charge in [-0.25, -0.2) is 4.79 Å². The predicted molar refractivity (Wildman–Crippen MR) is 86.6 cm³/mol. The van der Waals surface area contributed by atoms with Crippen LogP contribution in [0, 0.1) is 0 Å². The molecule has 124 valence electrons. The van der Waals surface area contributed by atoms with E-state index in [1.165, 1.54) is 0 Å². The van der Waals surface area contributed by atoms with Crippen LogP contribution in [0.2, 0.25) is 0 Å². The highest BCUT2D eigenvalue weighted by molar-refractivity contribution is 6.51. The molecule has 0 aromatic carbocycles. The molecule has 2 saturated heterocycles. The van der Waals surface area contributed by atoms with Crippen LogP contribution < -0.4 is 0 Å². The van der Waals surface area contributed by atoms with E-state index in [1.54, 1.807) is 4.90 Å². The first-order valence-corrected chi connectivity index (χ1v) is 7.93. The van der Waals surface area contributed by atoms with Gasteiger partial charge in [0.2, 0.25) is 0 Å². The molecule has 1 amide bonds. The molecule has 22 heavy (non-hydrogen) atoms. The topological polar surface area (TPSA) is 48.0 Å². The highest BCUT2D eigenvalue weighted by atomic mass is 16.7. The summed E-state index contributed by atoms with van der Waals surface area (Å²) < 4.78 is 17.3. The Kier molecular flexibility index (Phi) is 4.39. The van der Waals surface area contributed by atoms with Crippen LogP contribution in [0.3, 0.4) is 0 Å². The SMILES string of the molecule is CC(C)(C)OC(=O)N1CC/C(=C/B2OC(C)(C)C(C)(C)O2)C1. The largest absolute Gasteiger partial charge is 0.487 e. The van der Waals surface area contributed by atoms with E-state index >= 15 is 0 Å². The van der Waals surface area contributed by atoms with Crippen molar-refractivity contribution in [1.29, 1.82) is 0 Å². The Labute approximate surface area is 134 Å². The fourth-order valence-corrected chi connectivity index (χ4v) is 2.45. The van der Waals surface area contributed by atoms with Gasteiger partial charge in [0.15, 0.2) is 0 Å². The summed E-state index contributed by atoms with van der Waals surface area (Å²) in [6, 6.07) is 0. The standard InChI is InChI=1S/C16H28BNO4/c1-14(2,3)20-13(19)18-9-8-12(11-18)10-17-21-15(4,5)16(6,7)22-17/h10H,8-9,11H2,1-7H3/b12-10-. The number of rotatable bonds is 1. The van der Waals surface area contributed by atoms with E-state index in [4.69, 9.17) is 14.0 Å². The van der Waals surface area contributed by atoms with Gasteiger partial charge in [-0.2, -0.15) is 0 Å². The minimum Gasteiger partial charge on any atom is -0.444 e. The van der Waals surface area contributed by atoms with Gasteiger partial charge in [0.05, 0.1) is 11.2 Å². The van der Waals surface area contributed by atoms with E-state index in [2.05, 4.69) is 0 Å². The molecule has 6 heteroatoms. The highest BCUT2D eigenvalue weighted by Crippen LogP contribution is 2.37. The smallest absolute Gasteiger partial charge is 0.444 e. The fourth-order valence-electron chi connectivity index (χ4n) is 2.45. The van der Waals surface area contributed by atoms with Crippen molar-refractivity contribution >= 4 is 13.2 Å². The van der Waals surface area contributed by atoms with Crippen molar-refractivity contribution < 1.29 is 18.8 Å². The third-order valence-electron chi connectivity index (χ3n) is 4.39. The molecule has 2 aliphatic heterocycles. The minimum absolute atomic E-state index is 0.259. The lowest BCUT2D eigenvalue weighted by Gasteiger charge is -2.32. The van der Waals surface area contributed by atoms with Crippen LogP contribution in [-0.2, 0) is 14.0 Å². The van der Waals surface area contributed by atoms with Gasteiger partial charge in [0.1, 0.15) is 5.60 Å². The first-order valence-electron chi connectivity index (χ1n) is 7.93. The minimum atomic E-state index is -0.463.